The lowest BCUT2D eigenvalue weighted by Gasteiger charge is -2.14. The highest BCUT2D eigenvalue weighted by Gasteiger charge is 2.12. The number of ether oxygens (including phenoxy) is 2. The molecule has 0 heterocycles. The minimum absolute atomic E-state index is 0.00579. The summed E-state index contributed by atoms with van der Waals surface area (Å²) in [6, 6.07) is 4.42. The van der Waals surface area contributed by atoms with E-state index in [4.69, 9.17) is 9.47 Å². The summed E-state index contributed by atoms with van der Waals surface area (Å²) in [5.41, 5.74) is 0.00579. The second kappa shape index (κ2) is 9.28. The maximum Gasteiger partial charge on any atom is 0.273 e. The molecule has 0 aliphatic carbocycles. The highest BCUT2D eigenvalue weighted by molar-refractivity contribution is 5.48. The quantitative estimate of drug-likeness (QED) is 0.458. The molecule has 0 radical (unpaired) electrons. The van der Waals surface area contributed by atoms with Crippen LogP contribution in [0.15, 0.2) is 18.2 Å². The van der Waals surface area contributed by atoms with Crippen LogP contribution >= 0.6 is 0 Å². The molecule has 0 bridgehead atoms. The fourth-order valence-electron chi connectivity index (χ4n) is 2.28. The molecule has 1 aromatic carbocycles. The standard InChI is InChI=1S/C17H27NO4/c1-13(2)6-5-7-14(3)10-11-22-16-9-8-15(18(19)20)12-17(16)21-4/h8-9,12-14H,5-7,10-11H2,1-4H3. The van der Waals surface area contributed by atoms with Gasteiger partial charge in [-0.05, 0) is 24.3 Å². The van der Waals surface area contributed by atoms with E-state index in [9.17, 15) is 10.1 Å². The van der Waals surface area contributed by atoms with E-state index in [1.54, 1.807) is 6.07 Å². The van der Waals surface area contributed by atoms with Gasteiger partial charge in [0.15, 0.2) is 11.5 Å². The highest BCUT2D eigenvalue weighted by Crippen LogP contribution is 2.31. The van der Waals surface area contributed by atoms with Gasteiger partial charge in [0.2, 0.25) is 0 Å². The van der Waals surface area contributed by atoms with Crippen LogP contribution in [0.25, 0.3) is 0 Å². The molecule has 1 rings (SSSR count). The summed E-state index contributed by atoms with van der Waals surface area (Å²) in [6.45, 7) is 7.32. The normalized spacial score (nSPS) is 12.2. The van der Waals surface area contributed by atoms with Gasteiger partial charge in [-0.1, -0.05) is 40.0 Å². The zero-order chi connectivity index (χ0) is 16.5. The fraction of sp³-hybridized carbons (Fsp3) is 0.647. The van der Waals surface area contributed by atoms with E-state index in [2.05, 4.69) is 20.8 Å². The minimum atomic E-state index is -0.441. The SMILES string of the molecule is COc1cc([N+](=O)[O-])ccc1OCCC(C)CCCC(C)C. The van der Waals surface area contributed by atoms with Gasteiger partial charge in [-0.2, -0.15) is 0 Å². The van der Waals surface area contributed by atoms with Crippen LogP contribution in [0.2, 0.25) is 0 Å². The number of rotatable bonds is 10. The average Bonchev–Trinajstić information content (AvgIpc) is 2.46. The molecule has 1 unspecified atom stereocenters. The molecule has 5 nitrogen and oxygen atoms in total. The van der Waals surface area contributed by atoms with Crippen molar-refractivity contribution in [1.82, 2.24) is 0 Å². The lowest BCUT2D eigenvalue weighted by atomic mass is 9.98. The molecule has 0 aliphatic rings. The van der Waals surface area contributed by atoms with E-state index in [1.165, 1.54) is 38.5 Å². The smallest absolute Gasteiger partial charge is 0.273 e. The van der Waals surface area contributed by atoms with Gasteiger partial charge in [-0.15, -0.1) is 0 Å². The fourth-order valence-corrected chi connectivity index (χ4v) is 2.28. The van der Waals surface area contributed by atoms with Crippen molar-refractivity contribution in [2.24, 2.45) is 11.8 Å². The Morgan fingerprint density at radius 2 is 1.86 bits per heavy atom. The van der Waals surface area contributed by atoms with E-state index >= 15 is 0 Å². The first kappa shape index (κ1) is 18.3. The summed E-state index contributed by atoms with van der Waals surface area (Å²) in [7, 11) is 1.49. The second-order valence-electron chi connectivity index (χ2n) is 6.16. The van der Waals surface area contributed by atoms with Crippen LogP contribution in [0, 0.1) is 22.0 Å². The third kappa shape index (κ3) is 6.33. The number of hydrogen-bond donors (Lipinski definition) is 0. The Morgan fingerprint density at radius 1 is 1.14 bits per heavy atom. The third-order valence-electron chi connectivity index (χ3n) is 3.70. The molecule has 0 fully saturated rings. The molecule has 1 aromatic rings. The Morgan fingerprint density at radius 3 is 2.45 bits per heavy atom. The van der Waals surface area contributed by atoms with E-state index in [0.29, 0.717) is 24.0 Å². The van der Waals surface area contributed by atoms with Gasteiger partial charge < -0.3 is 9.47 Å². The zero-order valence-electron chi connectivity index (χ0n) is 14.0. The van der Waals surface area contributed by atoms with Gasteiger partial charge in [0, 0.05) is 6.07 Å². The van der Waals surface area contributed by atoms with Crippen LogP contribution in [0.5, 0.6) is 11.5 Å². The van der Waals surface area contributed by atoms with Gasteiger partial charge in [-0.3, -0.25) is 10.1 Å². The lowest BCUT2D eigenvalue weighted by molar-refractivity contribution is -0.385. The number of hydrogen-bond acceptors (Lipinski definition) is 4. The average molecular weight is 309 g/mol. The third-order valence-corrected chi connectivity index (χ3v) is 3.70. The number of nitrogens with zero attached hydrogens (tertiary/aromatic N) is 1. The highest BCUT2D eigenvalue weighted by atomic mass is 16.6. The van der Waals surface area contributed by atoms with Crippen LogP contribution in [0.4, 0.5) is 5.69 Å². The molecule has 1 atom stereocenters. The molecule has 0 saturated carbocycles. The summed E-state index contributed by atoms with van der Waals surface area (Å²) in [5.74, 6) is 2.33. The van der Waals surface area contributed by atoms with E-state index < -0.39 is 4.92 Å². The van der Waals surface area contributed by atoms with Crippen molar-refractivity contribution in [1.29, 1.82) is 0 Å². The maximum absolute atomic E-state index is 10.7. The van der Waals surface area contributed by atoms with E-state index in [1.807, 2.05) is 0 Å². The predicted octanol–water partition coefficient (Wildman–Crippen LogP) is 4.83. The van der Waals surface area contributed by atoms with Crippen molar-refractivity contribution in [2.45, 2.75) is 46.5 Å². The molecule has 0 N–H and O–H groups in total. The van der Waals surface area contributed by atoms with Crippen LogP contribution in [-0.2, 0) is 0 Å². The van der Waals surface area contributed by atoms with Crippen molar-refractivity contribution in [3.63, 3.8) is 0 Å². The van der Waals surface area contributed by atoms with Crippen molar-refractivity contribution in [2.75, 3.05) is 13.7 Å². The monoisotopic (exact) mass is 309 g/mol. The maximum atomic E-state index is 10.7. The number of non-ortho nitro benzene ring substituents is 1. The molecular formula is C17H27NO4. The second-order valence-corrected chi connectivity index (χ2v) is 6.16. The first-order valence-electron chi connectivity index (χ1n) is 7.89. The Hall–Kier alpha value is -1.78. The van der Waals surface area contributed by atoms with Crippen LogP contribution in [0.3, 0.4) is 0 Å². The molecule has 124 valence electrons. The first-order valence-corrected chi connectivity index (χ1v) is 7.89. The molecule has 0 aromatic heterocycles. The summed E-state index contributed by atoms with van der Waals surface area (Å²) >= 11 is 0. The summed E-state index contributed by atoms with van der Waals surface area (Å²) < 4.78 is 10.9. The van der Waals surface area contributed by atoms with E-state index in [0.717, 1.165) is 12.3 Å². The van der Waals surface area contributed by atoms with Crippen molar-refractivity contribution < 1.29 is 14.4 Å². The first-order chi connectivity index (χ1) is 10.4. The molecule has 0 amide bonds. The number of nitro benzene ring substituents is 1. The van der Waals surface area contributed by atoms with Crippen molar-refractivity contribution >= 4 is 5.69 Å². The molecule has 0 spiro atoms. The van der Waals surface area contributed by atoms with Gasteiger partial charge in [0.1, 0.15) is 0 Å². The number of methoxy groups -OCH3 is 1. The van der Waals surface area contributed by atoms with Gasteiger partial charge in [-0.25, -0.2) is 0 Å². The summed E-state index contributed by atoms with van der Waals surface area (Å²) in [6.07, 6.45) is 4.69. The molecule has 0 saturated heterocycles. The zero-order valence-corrected chi connectivity index (χ0v) is 14.0. The molecule has 22 heavy (non-hydrogen) atoms. The molecule has 5 heteroatoms. The van der Waals surface area contributed by atoms with Crippen molar-refractivity contribution in [3.8, 4) is 11.5 Å². The van der Waals surface area contributed by atoms with Gasteiger partial charge >= 0.3 is 0 Å². The molecular weight excluding hydrogens is 282 g/mol. The lowest BCUT2D eigenvalue weighted by Crippen LogP contribution is -2.05. The van der Waals surface area contributed by atoms with E-state index in [-0.39, 0.29) is 5.69 Å². The Balaban J connectivity index is 2.42. The van der Waals surface area contributed by atoms with Crippen molar-refractivity contribution in [3.05, 3.63) is 28.3 Å². The van der Waals surface area contributed by atoms with Crippen LogP contribution < -0.4 is 9.47 Å². The number of nitro groups is 1. The molecule has 0 aliphatic heterocycles. The minimum Gasteiger partial charge on any atom is -0.493 e. The summed E-state index contributed by atoms with van der Waals surface area (Å²) in [4.78, 5) is 10.3. The topological polar surface area (TPSA) is 61.6 Å². The predicted molar refractivity (Wildman–Crippen MR) is 87.6 cm³/mol. The largest absolute Gasteiger partial charge is 0.493 e. The number of benzene rings is 1. The van der Waals surface area contributed by atoms with Crippen LogP contribution in [-0.4, -0.2) is 18.6 Å². The van der Waals surface area contributed by atoms with Gasteiger partial charge in [0.25, 0.3) is 5.69 Å². The Bertz CT molecular complexity index is 474. The Labute approximate surface area is 132 Å². The van der Waals surface area contributed by atoms with Gasteiger partial charge in [0.05, 0.1) is 24.7 Å². The van der Waals surface area contributed by atoms with Crippen LogP contribution in [0.1, 0.15) is 46.5 Å². The Kier molecular flexibility index (Phi) is 7.71. The summed E-state index contributed by atoms with van der Waals surface area (Å²) in [5, 5.41) is 10.7.